The van der Waals surface area contributed by atoms with Crippen molar-refractivity contribution in [3.05, 3.63) is 0 Å². The molecule has 4 nitrogen and oxygen atoms in total. The fourth-order valence-corrected chi connectivity index (χ4v) is 3.08. The second-order valence-electron chi connectivity index (χ2n) is 5.93. The summed E-state index contributed by atoms with van der Waals surface area (Å²) in [6, 6.07) is 0.156. The maximum absolute atomic E-state index is 12.1. The molecule has 0 aromatic carbocycles. The predicted octanol–water partition coefficient (Wildman–Crippen LogP) is 1.53. The Balaban J connectivity index is 1.73. The molecule has 2 rings (SSSR count). The van der Waals surface area contributed by atoms with Crippen molar-refractivity contribution < 1.29 is 9.53 Å². The van der Waals surface area contributed by atoms with E-state index >= 15 is 0 Å². The van der Waals surface area contributed by atoms with E-state index in [4.69, 9.17) is 10.5 Å². The first kappa shape index (κ1) is 13.8. The standard InChI is InChI=1S/C14H26N2O2/c1-11-8-12(15)10-16(9-11)14(17)6-5-13-4-2-3-7-18-13/h11-13H,2-10,15H2,1H3. The van der Waals surface area contributed by atoms with Crippen LogP contribution in [0.1, 0.15) is 45.4 Å². The lowest BCUT2D eigenvalue weighted by Gasteiger charge is -2.35. The van der Waals surface area contributed by atoms with E-state index in [0.29, 0.717) is 18.4 Å². The van der Waals surface area contributed by atoms with E-state index in [-0.39, 0.29) is 11.9 Å². The summed E-state index contributed by atoms with van der Waals surface area (Å²) in [6.45, 7) is 4.64. The van der Waals surface area contributed by atoms with E-state index in [9.17, 15) is 4.79 Å². The van der Waals surface area contributed by atoms with Crippen molar-refractivity contribution in [2.24, 2.45) is 11.7 Å². The third-order valence-corrected chi connectivity index (χ3v) is 4.00. The lowest BCUT2D eigenvalue weighted by molar-refractivity contribution is -0.134. The van der Waals surface area contributed by atoms with Crippen LogP contribution in [0.15, 0.2) is 0 Å². The number of nitrogens with zero attached hydrogens (tertiary/aromatic N) is 1. The normalized spacial score (nSPS) is 33.4. The van der Waals surface area contributed by atoms with Gasteiger partial charge in [-0.2, -0.15) is 0 Å². The Morgan fingerprint density at radius 1 is 1.39 bits per heavy atom. The Morgan fingerprint density at radius 3 is 2.89 bits per heavy atom. The van der Waals surface area contributed by atoms with Gasteiger partial charge in [-0.3, -0.25) is 4.79 Å². The molecule has 0 aromatic heterocycles. The monoisotopic (exact) mass is 254 g/mol. The van der Waals surface area contributed by atoms with Crippen LogP contribution in [-0.4, -0.2) is 42.6 Å². The van der Waals surface area contributed by atoms with Crippen LogP contribution in [0.2, 0.25) is 0 Å². The molecule has 2 saturated heterocycles. The Hall–Kier alpha value is -0.610. The molecule has 0 radical (unpaired) electrons. The summed E-state index contributed by atoms with van der Waals surface area (Å²) in [6.07, 6.45) is 6.36. The number of carbonyl (C=O) groups is 1. The maximum atomic E-state index is 12.1. The van der Waals surface area contributed by atoms with E-state index in [1.54, 1.807) is 0 Å². The zero-order chi connectivity index (χ0) is 13.0. The fourth-order valence-electron chi connectivity index (χ4n) is 3.08. The van der Waals surface area contributed by atoms with Crippen LogP contribution in [0.5, 0.6) is 0 Å². The summed E-state index contributed by atoms with van der Waals surface area (Å²) in [4.78, 5) is 14.1. The summed E-state index contributed by atoms with van der Waals surface area (Å²) in [5.74, 6) is 0.787. The van der Waals surface area contributed by atoms with Gasteiger partial charge in [0.2, 0.25) is 5.91 Å². The number of carbonyl (C=O) groups excluding carboxylic acids is 1. The van der Waals surface area contributed by atoms with Crippen LogP contribution in [0.4, 0.5) is 0 Å². The number of ether oxygens (including phenoxy) is 1. The highest BCUT2D eigenvalue weighted by molar-refractivity contribution is 5.76. The second-order valence-corrected chi connectivity index (χ2v) is 5.93. The molecule has 3 unspecified atom stereocenters. The molecule has 0 spiro atoms. The zero-order valence-electron chi connectivity index (χ0n) is 11.4. The Bertz CT molecular complexity index is 267. The second kappa shape index (κ2) is 6.53. The topological polar surface area (TPSA) is 55.6 Å². The van der Waals surface area contributed by atoms with Crippen LogP contribution in [0.3, 0.4) is 0 Å². The molecular formula is C14H26N2O2. The Labute approximate surface area is 110 Å². The van der Waals surface area contributed by atoms with Crippen molar-refractivity contribution >= 4 is 5.91 Å². The highest BCUT2D eigenvalue weighted by Crippen LogP contribution is 2.20. The lowest BCUT2D eigenvalue weighted by atomic mass is 9.96. The maximum Gasteiger partial charge on any atom is 0.222 e. The number of hydrogen-bond donors (Lipinski definition) is 1. The molecule has 0 bridgehead atoms. The summed E-state index contributed by atoms with van der Waals surface area (Å²) >= 11 is 0. The summed E-state index contributed by atoms with van der Waals surface area (Å²) < 4.78 is 5.66. The van der Waals surface area contributed by atoms with Gasteiger partial charge in [0.05, 0.1) is 6.10 Å². The molecule has 2 heterocycles. The van der Waals surface area contributed by atoms with Crippen molar-refractivity contribution in [2.75, 3.05) is 19.7 Å². The van der Waals surface area contributed by atoms with Gasteiger partial charge in [-0.05, 0) is 38.0 Å². The van der Waals surface area contributed by atoms with Gasteiger partial charge in [0.1, 0.15) is 0 Å². The molecule has 2 fully saturated rings. The third kappa shape index (κ3) is 3.95. The van der Waals surface area contributed by atoms with Gasteiger partial charge in [0, 0.05) is 32.2 Å². The molecule has 2 N–H and O–H groups in total. The van der Waals surface area contributed by atoms with Gasteiger partial charge in [0.15, 0.2) is 0 Å². The van der Waals surface area contributed by atoms with Crippen molar-refractivity contribution in [1.29, 1.82) is 0 Å². The zero-order valence-corrected chi connectivity index (χ0v) is 11.4. The SMILES string of the molecule is CC1CC(N)CN(C(=O)CCC2CCCCO2)C1. The first-order chi connectivity index (χ1) is 8.65. The van der Waals surface area contributed by atoms with Gasteiger partial charge in [-0.15, -0.1) is 0 Å². The first-order valence-electron chi connectivity index (χ1n) is 7.30. The van der Waals surface area contributed by atoms with Gasteiger partial charge >= 0.3 is 0 Å². The van der Waals surface area contributed by atoms with Gasteiger partial charge in [-0.25, -0.2) is 0 Å². The van der Waals surface area contributed by atoms with E-state index in [2.05, 4.69) is 6.92 Å². The minimum atomic E-state index is 0.156. The molecule has 1 amide bonds. The molecule has 0 aromatic rings. The third-order valence-electron chi connectivity index (χ3n) is 4.00. The number of likely N-dealkylation sites (tertiary alicyclic amines) is 1. The highest BCUT2D eigenvalue weighted by Gasteiger charge is 2.26. The average molecular weight is 254 g/mol. The molecule has 0 saturated carbocycles. The number of hydrogen-bond acceptors (Lipinski definition) is 3. The van der Waals surface area contributed by atoms with Crippen molar-refractivity contribution in [1.82, 2.24) is 4.90 Å². The van der Waals surface area contributed by atoms with Gasteiger partial charge in [-0.1, -0.05) is 6.92 Å². The number of rotatable bonds is 3. The first-order valence-corrected chi connectivity index (χ1v) is 7.30. The lowest BCUT2D eigenvalue weighted by Crippen LogP contribution is -2.48. The number of nitrogens with two attached hydrogens (primary N) is 1. The van der Waals surface area contributed by atoms with E-state index in [0.717, 1.165) is 39.0 Å². The number of piperidine rings is 1. The largest absolute Gasteiger partial charge is 0.378 e. The van der Waals surface area contributed by atoms with E-state index < -0.39 is 0 Å². The van der Waals surface area contributed by atoms with Gasteiger partial charge in [0.25, 0.3) is 0 Å². The smallest absolute Gasteiger partial charge is 0.222 e. The minimum Gasteiger partial charge on any atom is -0.378 e. The van der Waals surface area contributed by atoms with Crippen LogP contribution in [-0.2, 0) is 9.53 Å². The molecule has 0 aliphatic carbocycles. The van der Waals surface area contributed by atoms with Gasteiger partial charge < -0.3 is 15.4 Å². The van der Waals surface area contributed by atoms with Crippen molar-refractivity contribution in [3.63, 3.8) is 0 Å². The van der Waals surface area contributed by atoms with E-state index in [1.807, 2.05) is 4.90 Å². The van der Waals surface area contributed by atoms with Crippen LogP contribution >= 0.6 is 0 Å². The van der Waals surface area contributed by atoms with Crippen LogP contribution < -0.4 is 5.73 Å². The molecule has 104 valence electrons. The number of amides is 1. The molecule has 2 aliphatic rings. The Kier molecular flexibility index (Phi) is 5.01. The predicted molar refractivity (Wildman–Crippen MR) is 71.2 cm³/mol. The van der Waals surface area contributed by atoms with Crippen molar-refractivity contribution in [2.45, 2.75) is 57.6 Å². The summed E-state index contributed by atoms with van der Waals surface area (Å²) in [5, 5.41) is 0. The van der Waals surface area contributed by atoms with Crippen molar-refractivity contribution in [3.8, 4) is 0 Å². The minimum absolute atomic E-state index is 0.156. The quantitative estimate of drug-likeness (QED) is 0.831. The van der Waals surface area contributed by atoms with E-state index in [1.165, 1.54) is 12.8 Å². The molecular weight excluding hydrogens is 228 g/mol. The Morgan fingerprint density at radius 2 is 2.22 bits per heavy atom. The highest BCUT2D eigenvalue weighted by atomic mass is 16.5. The molecule has 18 heavy (non-hydrogen) atoms. The van der Waals surface area contributed by atoms with Crippen LogP contribution in [0, 0.1) is 5.92 Å². The molecule has 2 aliphatic heterocycles. The van der Waals surface area contributed by atoms with Crippen LogP contribution in [0.25, 0.3) is 0 Å². The average Bonchev–Trinajstić information content (AvgIpc) is 2.36. The fraction of sp³-hybridized carbons (Fsp3) is 0.929. The summed E-state index contributed by atoms with van der Waals surface area (Å²) in [5.41, 5.74) is 5.97. The summed E-state index contributed by atoms with van der Waals surface area (Å²) in [7, 11) is 0. The molecule has 3 atom stereocenters. The molecule has 4 heteroatoms.